The van der Waals surface area contributed by atoms with Gasteiger partial charge in [-0.3, -0.25) is 9.69 Å². The number of nitrogens with zero attached hydrogens (tertiary/aromatic N) is 3. The predicted octanol–water partition coefficient (Wildman–Crippen LogP) is 2.21. The van der Waals surface area contributed by atoms with Crippen molar-refractivity contribution >= 4 is 22.4 Å². The zero-order valence-electron chi connectivity index (χ0n) is 12.5. The van der Waals surface area contributed by atoms with E-state index in [9.17, 15) is 4.79 Å². The maximum atomic E-state index is 12.4. The lowest BCUT2D eigenvalue weighted by Gasteiger charge is -2.16. The molecule has 0 saturated carbocycles. The van der Waals surface area contributed by atoms with E-state index in [4.69, 9.17) is 9.47 Å². The van der Waals surface area contributed by atoms with Crippen LogP contribution in [0.3, 0.4) is 0 Å². The summed E-state index contributed by atoms with van der Waals surface area (Å²) in [5.74, 6) is 0.724. The maximum absolute atomic E-state index is 12.4. The van der Waals surface area contributed by atoms with Gasteiger partial charge in [-0.25, -0.2) is 0 Å². The van der Waals surface area contributed by atoms with E-state index in [-0.39, 0.29) is 11.8 Å². The van der Waals surface area contributed by atoms with E-state index in [1.807, 2.05) is 24.3 Å². The molecule has 2 heterocycles. The number of ether oxygens (including phenoxy) is 2. The van der Waals surface area contributed by atoms with Gasteiger partial charge in [-0.1, -0.05) is 23.5 Å². The standard InChI is InChI=1S/C15H17N3O3S/c1-18(14(19)11-6-7-21-9-11)15-17-16-13(22-15)10-4-3-5-12(8-10)20-2/h3-5,8,11H,6-7,9H2,1-2H3/t11-/m1/s1. The van der Waals surface area contributed by atoms with E-state index in [0.717, 1.165) is 22.7 Å². The Balaban J connectivity index is 1.79. The van der Waals surface area contributed by atoms with E-state index < -0.39 is 0 Å². The van der Waals surface area contributed by atoms with Gasteiger partial charge in [0.15, 0.2) is 0 Å². The second-order valence-electron chi connectivity index (χ2n) is 5.08. The first-order valence-corrected chi connectivity index (χ1v) is 7.84. The summed E-state index contributed by atoms with van der Waals surface area (Å²) in [6.45, 7) is 1.14. The Labute approximate surface area is 132 Å². The van der Waals surface area contributed by atoms with Gasteiger partial charge in [0.25, 0.3) is 0 Å². The van der Waals surface area contributed by atoms with Gasteiger partial charge in [-0.05, 0) is 18.6 Å². The summed E-state index contributed by atoms with van der Waals surface area (Å²) in [6, 6.07) is 7.62. The molecule has 0 aliphatic carbocycles. The van der Waals surface area contributed by atoms with Crippen molar-refractivity contribution < 1.29 is 14.3 Å². The zero-order valence-corrected chi connectivity index (χ0v) is 13.3. The summed E-state index contributed by atoms with van der Waals surface area (Å²) >= 11 is 1.39. The number of aromatic nitrogens is 2. The summed E-state index contributed by atoms with van der Waals surface area (Å²) in [4.78, 5) is 13.9. The molecule has 1 amide bonds. The lowest BCUT2D eigenvalue weighted by Crippen LogP contribution is -2.33. The lowest BCUT2D eigenvalue weighted by molar-refractivity contribution is -0.122. The van der Waals surface area contributed by atoms with Crippen molar-refractivity contribution in [1.82, 2.24) is 10.2 Å². The van der Waals surface area contributed by atoms with Crippen LogP contribution < -0.4 is 9.64 Å². The molecule has 1 aliphatic rings. The highest BCUT2D eigenvalue weighted by Crippen LogP contribution is 2.31. The third kappa shape index (κ3) is 2.95. The highest BCUT2D eigenvalue weighted by atomic mass is 32.1. The largest absolute Gasteiger partial charge is 0.497 e. The molecule has 0 unspecified atom stereocenters. The van der Waals surface area contributed by atoms with Gasteiger partial charge >= 0.3 is 0 Å². The number of carbonyl (C=O) groups is 1. The van der Waals surface area contributed by atoms with Crippen molar-refractivity contribution in [2.24, 2.45) is 5.92 Å². The van der Waals surface area contributed by atoms with Crippen LogP contribution in [0, 0.1) is 5.92 Å². The Hall–Kier alpha value is -1.99. The Morgan fingerprint density at radius 3 is 3.05 bits per heavy atom. The van der Waals surface area contributed by atoms with E-state index in [1.165, 1.54) is 11.3 Å². The number of anilines is 1. The maximum Gasteiger partial charge on any atom is 0.234 e. The topological polar surface area (TPSA) is 64.6 Å². The second kappa shape index (κ2) is 6.41. The first kappa shape index (κ1) is 14.9. The Bertz CT molecular complexity index is 668. The molecule has 6 nitrogen and oxygen atoms in total. The predicted molar refractivity (Wildman–Crippen MR) is 84.2 cm³/mol. The number of amides is 1. The van der Waals surface area contributed by atoms with Crippen molar-refractivity contribution in [3.8, 4) is 16.3 Å². The van der Waals surface area contributed by atoms with Gasteiger partial charge in [0, 0.05) is 19.2 Å². The SMILES string of the molecule is COc1cccc(-c2nnc(N(C)C(=O)[C@@H]3CCOC3)s2)c1. The highest BCUT2D eigenvalue weighted by Gasteiger charge is 2.28. The fraction of sp³-hybridized carbons (Fsp3) is 0.400. The third-order valence-electron chi connectivity index (χ3n) is 3.63. The molecule has 7 heteroatoms. The average molecular weight is 319 g/mol. The number of hydrogen-bond donors (Lipinski definition) is 0. The van der Waals surface area contributed by atoms with Crippen LogP contribution in [-0.4, -0.2) is 43.5 Å². The first-order chi connectivity index (χ1) is 10.7. The molecule has 1 aromatic heterocycles. The monoisotopic (exact) mass is 319 g/mol. The number of methoxy groups -OCH3 is 1. The van der Waals surface area contributed by atoms with E-state index in [1.54, 1.807) is 19.1 Å². The van der Waals surface area contributed by atoms with Crippen molar-refractivity contribution in [2.45, 2.75) is 6.42 Å². The molecule has 3 rings (SSSR count). The van der Waals surface area contributed by atoms with Crippen molar-refractivity contribution in [3.63, 3.8) is 0 Å². The van der Waals surface area contributed by atoms with Crippen molar-refractivity contribution in [3.05, 3.63) is 24.3 Å². The minimum Gasteiger partial charge on any atom is -0.497 e. The van der Waals surface area contributed by atoms with Gasteiger partial charge in [0.1, 0.15) is 10.8 Å². The third-order valence-corrected chi connectivity index (χ3v) is 4.68. The van der Waals surface area contributed by atoms with E-state index in [0.29, 0.717) is 18.3 Å². The molecule has 22 heavy (non-hydrogen) atoms. The van der Waals surface area contributed by atoms with Crippen LogP contribution in [0.4, 0.5) is 5.13 Å². The minimum atomic E-state index is -0.0748. The van der Waals surface area contributed by atoms with Crippen LogP contribution in [0.1, 0.15) is 6.42 Å². The molecule has 0 bridgehead atoms. The normalized spacial score (nSPS) is 17.5. The molecule has 1 atom stereocenters. The van der Waals surface area contributed by atoms with Crippen LogP contribution in [0.25, 0.3) is 10.6 Å². The number of carbonyl (C=O) groups excluding carboxylic acids is 1. The summed E-state index contributed by atoms with van der Waals surface area (Å²) < 4.78 is 10.5. The van der Waals surface area contributed by atoms with Crippen LogP contribution in [0.15, 0.2) is 24.3 Å². The summed E-state index contributed by atoms with van der Waals surface area (Å²) in [7, 11) is 3.36. The second-order valence-corrected chi connectivity index (χ2v) is 6.04. The minimum absolute atomic E-state index is 0.0332. The molecule has 1 fully saturated rings. The molecule has 1 aromatic carbocycles. The Kier molecular flexibility index (Phi) is 4.35. The van der Waals surface area contributed by atoms with E-state index in [2.05, 4.69) is 10.2 Å². The number of hydrogen-bond acceptors (Lipinski definition) is 6. The smallest absolute Gasteiger partial charge is 0.234 e. The molecule has 116 valence electrons. The van der Waals surface area contributed by atoms with Crippen molar-refractivity contribution in [1.29, 1.82) is 0 Å². The van der Waals surface area contributed by atoms with Crippen LogP contribution >= 0.6 is 11.3 Å². The highest BCUT2D eigenvalue weighted by molar-refractivity contribution is 7.18. The summed E-state index contributed by atoms with van der Waals surface area (Å²) in [5, 5.41) is 9.66. The molecule has 0 N–H and O–H groups in total. The number of benzene rings is 1. The summed E-state index contributed by atoms with van der Waals surface area (Å²) in [5.41, 5.74) is 0.924. The van der Waals surface area contributed by atoms with Crippen LogP contribution in [-0.2, 0) is 9.53 Å². The fourth-order valence-electron chi connectivity index (χ4n) is 2.32. The number of rotatable bonds is 4. The fourth-order valence-corrected chi connectivity index (χ4v) is 3.13. The lowest BCUT2D eigenvalue weighted by atomic mass is 10.1. The van der Waals surface area contributed by atoms with Gasteiger partial charge in [0.05, 0.1) is 19.6 Å². The summed E-state index contributed by atoms with van der Waals surface area (Å²) in [6.07, 6.45) is 0.769. The van der Waals surface area contributed by atoms with Crippen molar-refractivity contribution in [2.75, 3.05) is 32.3 Å². The Morgan fingerprint density at radius 2 is 2.32 bits per heavy atom. The molecule has 1 aliphatic heterocycles. The first-order valence-electron chi connectivity index (χ1n) is 7.02. The van der Waals surface area contributed by atoms with Gasteiger partial charge in [-0.2, -0.15) is 0 Å². The molecular formula is C15H17N3O3S. The molecule has 1 saturated heterocycles. The molecule has 2 aromatic rings. The molecular weight excluding hydrogens is 302 g/mol. The van der Waals surface area contributed by atoms with E-state index >= 15 is 0 Å². The molecule has 0 radical (unpaired) electrons. The molecule has 0 spiro atoms. The van der Waals surface area contributed by atoms with Gasteiger partial charge in [0.2, 0.25) is 11.0 Å². The quantitative estimate of drug-likeness (QED) is 0.864. The Morgan fingerprint density at radius 1 is 1.45 bits per heavy atom. The van der Waals surface area contributed by atoms with Gasteiger partial charge < -0.3 is 9.47 Å². The average Bonchev–Trinajstić information content (AvgIpc) is 3.25. The van der Waals surface area contributed by atoms with Crippen LogP contribution in [0.5, 0.6) is 5.75 Å². The zero-order chi connectivity index (χ0) is 15.5. The van der Waals surface area contributed by atoms with Gasteiger partial charge in [-0.15, -0.1) is 10.2 Å². The van der Waals surface area contributed by atoms with Crippen LogP contribution in [0.2, 0.25) is 0 Å².